The lowest BCUT2D eigenvalue weighted by atomic mass is 9.96. The van der Waals surface area contributed by atoms with Crippen molar-refractivity contribution in [3.63, 3.8) is 0 Å². The number of nitrogens with zero attached hydrogens (tertiary/aromatic N) is 1. The molecule has 1 fully saturated rings. The van der Waals surface area contributed by atoms with Gasteiger partial charge in [-0.2, -0.15) is 4.31 Å². The Morgan fingerprint density at radius 1 is 1.33 bits per heavy atom. The van der Waals surface area contributed by atoms with Crippen molar-refractivity contribution in [3.05, 3.63) is 17.9 Å². The Labute approximate surface area is 108 Å². The van der Waals surface area contributed by atoms with Gasteiger partial charge in [-0.1, -0.05) is 19.3 Å². The number of furan rings is 1. The van der Waals surface area contributed by atoms with Crippen molar-refractivity contribution < 1.29 is 12.8 Å². The lowest BCUT2D eigenvalue weighted by molar-refractivity contribution is 0.278. The molecule has 1 heterocycles. The molecule has 1 aliphatic rings. The number of sulfonamides is 1. The van der Waals surface area contributed by atoms with E-state index in [4.69, 9.17) is 10.2 Å². The van der Waals surface area contributed by atoms with Gasteiger partial charge in [0.1, 0.15) is 5.76 Å². The summed E-state index contributed by atoms with van der Waals surface area (Å²) in [5, 5.41) is -0.00368. The number of hydrogen-bond acceptors (Lipinski definition) is 4. The van der Waals surface area contributed by atoms with Gasteiger partial charge in [-0.3, -0.25) is 0 Å². The molecule has 0 amide bonds. The average Bonchev–Trinajstić information content (AvgIpc) is 2.88. The monoisotopic (exact) mass is 272 g/mol. The van der Waals surface area contributed by atoms with Crippen LogP contribution in [-0.4, -0.2) is 25.8 Å². The number of nitrogens with two attached hydrogens (primary N) is 1. The van der Waals surface area contributed by atoms with Crippen LogP contribution in [0.2, 0.25) is 0 Å². The minimum absolute atomic E-state index is 0.00368. The molecule has 0 aromatic carbocycles. The molecule has 0 unspecified atom stereocenters. The van der Waals surface area contributed by atoms with E-state index in [0.717, 1.165) is 25.7 Å². The van der Waals surface area contributed by atoms with Crippen molar-refractivity contribution in [2.24, 2.45) is 5.73 Å². The maximum absolute atomic E-state index is 12.4. The van der Waals surface area contributed by atoms with Crippen LogP contribution in [0.15, 0.2) is 21.6 Å². The van der Waals surface area contributed by atoms with Crippen LogP contribution in [-0.2, 0) is 16.6 Å². The fourth-order valence-corrected chi connectivity index (χ4v) is 3.73. The fourth-order valence-electron chi connectivity index (χ4n) is 2.39. The Morgan fingerprint density at radius 3 is 2.56 bits per heavy atom. The number of rotatable bonds is 4. The van der Waals surface area contributed by atoms with Crippen molar-refractivity contribution in [2.75, 3.05) is 7.05 Å². The van der Waals surface area contributed by atoms with Gasteiger partial charge in [-0.05, 0) is 25.0 Å². The van der Waals surface area contributed by atoms with Crippen LogP contribution in [0.1, 0.15) is 37.9 Å². The van der Waals surface area contributed by atoms with E-state index in [1.807, 2.05) is 0 Å². The van der Waals surface area contributed by atoms with Gasteiger partial charge in [0, 0.05) is 13.1 Å². The molecule has 0 bridgehead atoms. The topological polar surface area (TPSA) is 76.5 Å². The third-order valence-electron chi connectivity index (χ3n) is 3.56. The van der Waals surface area contributed by atoms with E-state index in [9.17, 15) is 8.42 Å². The van der Waals surface area contributed by atoms with Gasteiger partial charge < -0.3 is 10.2 Å². The molecule has 18 heavy (non-hydrogen) atoms. The normalized spacial score (nSPS) is 18.4. The summed E-state index contributed by atoms with van der Waals surface area (Å²) in [6.07, 6.45) is 5.25. The summed E-state index contributed by atoms with van der Waals surface area (Å²) in [7, 11) is -1.88. The van der Waals surface area contributed by atoms with Crippen molar-refractivity contribution in [2.45, 2.75) is 49.8 Å². The molecular weight excluding hydrogens is 252 g/mol. The first-order valence-corrected chi connectivity index (χ1v) is 7.76. The van der Waals surface area contributed by atoms with E-state index in [1.54, 1.807) is 13.1 Å². The molecule has 6 heteroatoms. The van der Waals surface area contributed by atoms with Gasteiger partial charge in [-0.15, -0.1) is 0 Å². The molecule has 1 saturated carbocycles. The maximum Gasteiger partial charge on any atom is 0.276 e. The maximum atomic E-state index is 12.4. The van der Waals surface area contributed by atoms with E-state index in [-0.39, 0.29) is 17.7 Å². The van der Waals surface area contributed by atoms with Gasteiger partial charge in [0.25, 0.3) is 10.0 Å². The molecular formula is C12H20N2O3S. The lowest BCUT2D eigenvalue weighted by Gasteiger charge is -2.29. The van der Waals surface area contributed by atoms with Gasteiger partial charge in [0.05, 0.1) is 6.54 Å². The van der Waals surface area contributed by atoms with Crippen LogP contribution < -0.4 is 5.73 Å². The molecule has 0 radical (unpaired) electrons. The predicted octanol–water partition coefficient (Wildman–Crippen LogP) is 1.69. The van der Waals surface area contributed by atoms with Crippen molar-refractivity contribution in [1.29, 1.82) is 0 Å². The van der Waals surface area contributed by atoms with Crippen LogP contribution in [0.4, 0.5) is 0 Å². The zero-order chi connectivity index (χ0) is 13.2. The van der Waals surface area contributed by atoms with E-state index < -0.39 is 10.0 Å². The molecule has 0 atom stereocenters. The molecule has 2 N–H and O–H groups in total. The van der Waals surface area contributed by atoms with E-state index in [0.29, 0.717) is 5.76 Å². The lowest BCUT2D eigenvalue weighted by Crippen LogP contribution is -2.38. The number of hydrogen-bond donors (Lipinski definition) is 1. The third kappa shape index (κ3) is 2.60. The van der Waals surface area contributed by atoms with Gasteiger partial charge >= 0.3 is 0 Å². The first kappa shape index (κ1) is 13.6. The van der Waals surface area contributed by atoms with Crippen molar-refractivity contribution in [3.8, 4) is 0 Å². The Bertz CT molecular complexity index is 489. The molecule has 0 aliphatic heterocycles. The average molecular weight is 272 g/mol. The Hall–Kier alpha value is -0.850. The van der Waals surface area contributed by atoms with Crippen LogP contribution >= 0.6 is 0 Å². The zero-order valence-corrected chi connectivity index (χ0v) is 11.4. The molecule has 0 spiro atoms. The second-order valence-corrected chi connectivity index (χ2v) is 6.67. The van der Waals surface area contributed by atoms with Crippen LogP contribution in [0.3, 0.4) is 0 Å². The summed E-state index contributed by atoms with van der Waals surface area (Å²) in [6, 6.07) is 3.19. The van der Waals surface area contributed by atoms with E-state index in [2.05, 4.69) is 0 Å². The first-order chi connectivity index (χ1) is 8.55. The molecule has 1 aliphatic carbocycles. The highest BCUT2D eigenvalue weighted by Gasteiger charge is 2.31. The largest absolute Gasteiger partial charge is 0.447 e. The van der Waals surface area contributed by atoms with Crippen LogP contribution in [0.5, 0.6) is 0 Å². The Morgan fingerprint density at radius 2 is 2.00 bits per heavy atom. The first-order valence-electron chi connectivity index (χ1n) is 6.32. The third-order valence-corrected chi connectivity index (χ3v) is 5.34. The summed E-state index contributed by atoms with van der Waals surface area (Å²) in [5.74, 6) is 0.491. The Kier molecular flexibility index (Phi) is 4.09. The predicted molar refractivity (Wildman–Crippen MR) is 68.4 cm³/mol. The smallest absolute Gasteiger partial charge is 0.276 e. The molecule has 2 rings (SSSR count). The van der Waals surface area contributed by atoms with Gasteiger partial charge in [-0.25, -0.2) is 8.42 Å². The quantitative estimate of drug-likeness (QED) is 0.905. The summed E-state index contributed by atoms with van der Waals surface area (Å²) in [4.78, 5) is 0. The summed E-state index contributed by atoms with van der Waals surface area (Å²) >= 11 is 0. The SMILES string of the molecule is CN(C1CCCCC1)S(=O)(=O)c1ccc(CN)o1. The molecule has 102 valence electrons. The second kappa shape index (κ2) is 5.42. The van der Waals surface area contributed by atoms with E-state index in [1.165, 1.54) is 16.8 Å². The molecule has 0 saturated heterocycles. The Balaban J connectivity index is 2.18. The minimum atomic E-state index is -3.52. The van der Waals surface area contributed by atoms with Gasteiger partial charge in [0.15, 0.2) is 0 Å². The van der Waals surface area contributed by atoms with E-state index >= 15 is 0 Å². The fraction of sp³-hybridized carbons (Fsp3) is 0.667. The zero-order valence-electron chi connectivity index (χ0n) is 10.6. The highest BCUT2D eigenvalue weighted by atomic mass is 32.2. The highest BCUT2D eigenvalue weighted by molar-refractivity contribution is 7.89. The minimum Gasteiger partial charge on any atom is -0.447 e. The molecule has 5 nitrogen and oxygen atoms in total. The summed E-state index contributed by atoms with van der Waals surface area (Å²) < 4.78 is 31.4. The van der Waals surface area contributed by atoms with Crippen molar-refractivity contribution >= 4 is 10.0 Å². The van der Waals surface area contributed by atoms with Crippen molar-refractivity contribution in [1.82, 2.24) is 4.31 Å². The second-order valence-electron chi connectivity index (χ2n) is 4.74. The van der Waals surface area contributed by atoms with Gasteiger partial charge in [0.2, 0.25) is 5.09 Å². The van der Waals surface area contributed by atoms with Crippen LogP contribution in [0, 0.1) is 0 Å². The van der Waals surface area contributed by atoms with Crippen LogP contribution in [0.25, 0.3) is 0 Å². The summed E-state index contributed by atoms with van der Waals surface area (Å²) in [6.45, 7) is 0.211. The standard InChI is InChI=1S/C12H20N2O3S/c1-14(10-5-3-2-4-6-10)18(15,16)12-8-7-11(9-13)17-12/h7-8,10H,2-6,9,13H2,1H3. The summed E-state index contributed by atoms with van der Waals surface area (Å²) in [5.41, 5.74) is 5.42. The highest BCUT2D eigenvalue weighted by Crippen LogP contribution is 2.27. The molecule has 1 aromatic heterocycles. The molecule has 1 aromatic rings.